The average Bonchev–Trinajstić information content (AvgIpc) is 2.43. The second-order valence-corrected chi connectivity index (χ2v) is 3.64. The smallest absolute Gasteiger partial charge is 0.0749 e. The average molecular weight is 175 g/mol. The highest BCUT2D eigenvalue weighted by Gasteiger charge is 2.25. The molecule has 1 unspecified atom stereocenters. The van der Waals surface area contributed by atoms with Crippen molar-refractivity contribution in [3.63, 3.8) is 0 Å². The number of nitriles is 1. The third kappa shape index (κ3) is 1.14. The SMILES string of the molecule is Cc1c2c(nn1C)CCCC2C#N. The third-order valence-corrected chi connectivity index (χ3v) is 2.87. The van der Waals surface area contributed by atoms with Crippen LogP contribution in [0.25, 0.3) is 0 Å². The van der Waals surface area contributed by atoms with Gasteiger partial charge in [-0.25, -0.2) is 0 Å². The van der Waals surface area contributed by atoms with Crippen molar-refractivity contribution in [3.05, 3.63) is 17.0 Å². The molecule has 1 aliphatic carbocycles. The molecule has 1 aromatic rings. The summed E-state index contributed by atoms with van der Waals surface area (Å²) in [4.78, 5) is 0. The summed E-state index contributed by atoms with van der Waals surface area (Å²) in [7, 11) is 1.95. The van der Waals surface area contributed by atoms with Gasteiger partial charge in [0.25, 0.3) is 0 Å². The Labute approximate surface area is 78.0 Å². The van der Waals surface area contributed by atoms with Gasteiger partial charge >= 0.3 is 0 Å². The van der Waals surface area contributed by atoms with Crippen molar-refractivity contribution in [2.24, 2.45) is 7.05 Å². The Morgan fingerprint density at radius 3 is 3.08 bits per heavy atom. The maximum Gasteiger partial charge on any atom is 0.0749 e. The molecule has 68 valence electrons. The molecule has 0 N–H and O–H groups in total. The minimum atomic E-state index is 0.0810. The van der Waals surface area contributed by atoms with Crippen molar-refractivity contribution < 1.29 is 0 Å². The number of rotatable bonds is 0. The van der Waals surface area contributed by atoms with Gasteiger partial charge in [-0.05, 0) is 26.2 Å². The van der Waals surface area contributed by atoms with Crippen LogP contribution in [0.1, 0.15) is 35.7 Å². The van der Waals surface area contributed by atoms with Crippen LogP contribution in [0.5, 0.6) is 0 Å². The Hall–Kier alpha value is -1.30. The number of aryl methyl sites for hydroxylation is 2. The lowest BCUT2D eigenvalue weighted by molar-refractivity contribution is 0.625. The van der Waals surface area contributed by atoms with E-state index in [1.54, 1.807) is 0 Å². The van der Waals surface area contributed by atoms with E-state index in [0.29, 0.717) is 0 Å². The van der Waals surface area contributed by atoms with Gasteiger partial charge in [0.05, 0.1) is 17.7 Å². The molecule has 0 spiro atoms. The highest BCUT2D eigenvalue weighted by atomic mass is 15.3. The van der Waals surface area contributed by atoms with E-state index in [4.69, 9.17) is 5.26 Å². The van der Waals surface area contributed by atoms with Crippen LogP contribution in [0.4, 0.5) is 0 Å². The zero-order valence-corrected chi connectivity index (χ0v) is 8.04. The van der Waals surface area contributed by atoms with Crippen LogP contribution in [0.3, 0.4) is 0 Å². The molecule has 1 heterocycles. The summed E-state index contributed by atoms with van der Waals surface area (Å²) in [6.07, 6.45) is 3.13. The minimum Gasteiger partial charge on any atom is -0.272 e. The van der Waals surface area contributed by atoms with E-state index in [9.17, 15) is 0 Å². The molecule has 0 fully saturated rings. The predicted molar refractivity (Wildman–Crippen MR) is 49.2 cm³/mol. The molecule has 0 amide bonds. The molecule has 2 rings (SSSR count). The lowest BCUT2D eigenvalue weighted by Crippen LogP contribution is -2.07. The molecule has 0 aromatic carbocycles. The van der Waals surface area contributed by atoms with Crippen molar-refractivity contribution >= 4 is 0 Å². The van der Waals surface area contributed by atoms with Crippen molar-refractivity contribution in [1.82, 2.24) is 9.78 Å². The summed E-state index contributed by atoms with van der Waals surface area (Å²) in [6.45, 7) is 2.04. The van der Waals surface area contributed by atoms with Crippen LogP contribution in [0.15, 0.2) is 0 Å². The van der Waals surface area contributed by atoms with Gasteiger partial charge < -0.3 is 0 Å². The lowest BCUT2D eigenvalue weighted by Gasteiger charge is -2.15. The summed E-state index contributed by atoms with van der Waals surface area (Å²) in [5.41, 5.74) is 3.48. The zero-order valence-electron chi connectivity index (χ0n) is 8.04. The van der Waals surface area contributed by atoms with Gasteiger partial charge in [-0.3, -0.25) is 4.68 Å². The summed E-state index contributed by atoms with van der Waals surface area (Å²) in [6, 6.07) is 2.36. The molecule has 3 heteroatoms. The first-order chi connectivity index (χ1) is 6.24. The first-order valence-corrected chi connectivity index (χ1v) is 4.66. The molecule has 1 aromatic heterocycles. The van der Waals surface area contributed by atoms with Crippen molar-refractivity contribution in [2.45, 2.75) is 32.1 Å². The number of hydrogen-bond acceptors (Lipinski definition) is 2. The van der Waals surface area contributed by atoms with E-state index >= 15 is 0 Å². The maximum atomic E-state index is 8.98. The van der Waals surface area contributed by atoms with Crippen LogP contribution in [-0.2, 0) is 13.5 Å². The molecule has 0 saturated carbocycles. The van der Waals surface area contributed by atoms with Crippen LogP contribution >= 0.6 is 0 Å². The van der Waals surface area contributed by atoms with Gasteiger partial charge in [0.15, 0.2) is 0 Å². The Kier molecular flexibility index (Phi) is 1.84. The third-order valence-electron chi connectivity index (χ3n) is 2.87. The van der Waals surface area contributed by atoms with Crippen LogP contribution in [0, 0.1) is 18.3 Å². The fourth-order valence-corrected chi connectivity index (χ4v) is 2.08. The van der Waals surface area contributed by atoms with E-state index in [2.05, 4.69) is 11.2 Å². The van der Waals surface area contributed by atoms with E-state index in [1.807, 2.05) is 18.7 Å². The Morgan fingerprint density at radius 1 is 1.62 bits per heavy atom. The first kappa shape index (κ1) is 8.31. The summed E-state index contributed by atoms with van der Waals surface area (Å²) in [5, 5.41) is 13.4. The molecule has 0 bridgehead atoms. The Morgan fingerprint density at radius 2 is 2.38 bits per heavy atom. The van der Waals surface area contributed by atoms with Crippen molar-refractivity contribution in [3.8, 4) is 6.07 Å². The molecule has 3 nitrogen and oxygen atoms in total. The highest BCUT2D eigenvalue weighted by molar-refractivity contribution is 5.35. The van der Waals surface area contributed by atoms with E-state index in [-0.39, 0.29) is 5.92 Å². The molecular weight excluding hydrogens is 162 g/mol. The van der Waals surface area contributed by atoms with Crippen molar-refractivity contribution in [2.75, 3.05) is 0 Å². The Balaban J connectivity index is 2.55. The Bertz CT molecular complexity index is 370. The molecule has 13 heavy (non-hydrogen) atoms. The number of nitrogens with zero attached hydrogens (tertiary/aromatic N) is 3. The fourth-order valence-electron chi connectivity index (χ4n) is 2.08. The van der Waals surface area contributed by atoms with Gasteiger partial charge in [-0.2, -0.15) is 10.4 Å². The largest absolute Gasteiger partial charge is 0.272 e. The monoisotopic (exact) mass is 175 g/mol. The van der Waals surface area contributed by atoms with Crippen LogP contribution in [-0.4, -0.2) is 9.78 Å². The summed E-state index contributed by atoms with van der Waals surface area (Å²) in [5.74, 6) is 0.0810. The van der Waals surface area contributed by atoms with Gasteiger partial charge in [0, 0.05) is 18.3 Å². The quantitative estimate of drug-likeness (QED) is 0.602. The lowest BCUT2D eigenvalue weighted by atomic mass is 9.86. The standard InChI is InChI=1S/C10H13N3/c1-7-10-8(6-11)4-3-5-9(10)12-13(7)2/h8H,3-5H2,1-2H3. The number of fused-ring (bicyclic) bond motifs is 1. The van der Waals surface area contributed by atoms with Gasteiger partial charge in [0.1, 0.15) is 0 Å². The van der Waals surface area contributed by atoms with E-state index in [1.165, 1.54) is 5.56 Å². The first-order valence-electron chi connectivity index (χ1n) is 4.66. The fraction of sp³-hybridized carbons (Fsp3) is 0.600. The molecular formula is C10H13N3. The molecule has 0 aliphatic heterocycles. The second-order valence-electron chi connectivity index (χ2n) is 3.64. The predicted octanol–water partition coefficient (Wildman–Crippen LogP) is 1.67. The summed E-state index contributed by atoms with van der Waals surface area (Å²) < 4.78 is 1.89. The van der Waals surface area contributed by atoms with Gasteiger partial charge in [-0.15, -0.1) is 0 Å². The van der Waals surface area contributed by atoms with Crippen LogP contribution in [0.2, 0.25) is 0 Å². The topological polar surface area (TPSA) is 41.6 Å². The number of hydrogen-bond donors (Lipinski definition) is 0. The number of aromatic nitrogens is 2. The van der Waals surface area contributed by atoms with Crippen molar-refractivity contribution in [1.29, 1.82) is 5.26 Å². The highest BCUT2D eigenvalue weighted by Crippen LogP contribution is 2.32. The molecule has 1 atom stereocenters. The second kappa shape index (κ2) is 2.88. The maximum absolute atomic E-state index is 8.98. The zero-order chi connectivity index (χ0) is 9.42. The molecule has 0 saturated heterocycles. The normalized spacial score (nSPS) is 20.8. The van der Waals surface area contributed by atoms with Crippen LogP contribution < -0.4 is 0 Å². The summed E-state index contributed by atoms with van der Waals surface area (Å²) >= 11 is 0. The van der Waals surface area contributed by atoms with E-state index in [0.717, 1.165) is 30.7 Å². The van der Waals surface area contributed by atoms with Gasteiger partial charge in [-0.1, -0.05) is 0 Å². The van der Waals surface area contributed by atoms with Gasteiger partial charge in [0.2, 0.25) is 0 Å². The molecule has 0 radical (unpaired) electrons. The minimum absolute atomic E-state index is 0.0810. The molecule has 1 aliphatic rings. The van der Waals surface area contributed by atoms with E-state index < -0.39 is 0 Å².